The Bertz CT molecular complexity index is 1510. The van der Waals surface area contributed by atoms with Gasteiger partial charge in [0.25, 0.3) is 5.91 Å². The zero-order valence-corrected chi connectivity index (χ0v) is 24.0. The van der Waals surface area contributed by atoms with E-state index >= 15 is 0 Å². The van der Waals surface area contributed by atoms with E-state index in [0.29, 0.717) is 21.4 Å². The summed E-state index contributed by atoms with van der Waals surface area (Å²) in [5, 5.41) is 12.4. The summed E-state index contributed by atoms with van der Waals surface area (Å²) in [4.78, 5) is 14.3. The maximum absolute atomic E-state index is 14.3. The number of hydrogen-bond acceptors (Lipinski definition) is 4. The topological polar surface area (TPSA) is 61.5 Å². The number of aromatic nitrogens is 2. The summed E-state index contributed by atoms with van der Waals surface area (Å²) in [7, 11) is 0. The van der Waals surface area contributed by atoms with E-state index in [1.165, 1.54) is 0 Å². The van der Waals surface area contributed by atoms with E-state index in [2.05, 4.69) is 33.4 Å². The van der Waals surface area contributed by atoms with Crippen molar-refractivity contribution >= 4 is 47.2 Å². The molecule has 0 aliphatic carbocycles. The molecule has 0 radical (unpaired) electrons. The molecule has 1 amide bonds. The highest BCUT2D eigenvalue weighted by Crippen LogP contribution is 2.47. The van der Waals surface area contributed by atoms with Gasteiger partial charge in [0, 0.05) is 23.7 Å². The van der Waals surface area contributed by atoms with Crippen LogP contribution in [0, 0.1) is 0 Å². The van der Waals surface area contributed by atoms with Crippen molar-refractivity contribution in [1.29, 1.82) is 0 Å². The van der Waals surface area contributed by atoms with Gasteiger partial charge in [0.2, 0.25) is 0 Å². The number of nitrogens with zero attached hydrogens (tertiary/aromatic N) is 3. The molecule has 2 aliphatic rings. The average molecular weight is 584 g/mol. The molecule has 1 N–H and O–H groups in total. The summed E-state index contributed by atoms with van der Waals surface area (Å²) in [5.41, 5.74) is 4.65. The van der Waals surface area contributed by atoms with Crippen LogP contribution in [0.15, 0.2) is 66.7 Å². The number of rotatable bonds is 4. The average Bonchev–Trinajstić information content (AvgIpc) is 3.38. The molecule has 0 atom stereocenters. The third-order valence-electron chi connectivity index (χ3n) is 7.24. The standard InChI is InChI=1S/C30H28Cl2N4O2.ClH/c1-30(2)26-27(22-13-11-20(17-25(22)38-30)19-9-5-3-6-10-19)33-34-28(26)29(37)36(35-15-7-4-8-16-35)24-14-12-21(31)18-23(24)32;/h3,5-6,9-14,17-18H,4,7-8,15-16H2,1-2H3,(H,33,34);1H. The lowest BCUT2D eigenvalue weighted by Gasteiger charge is -2.38. The summed E-state index contributed by atoms with van der Waals surface area (Å²) in [6.07, 6.45) is 3.14. The normalized spacial score (nSPS) is 15.9. The van der Waals surface area contributed by atoms with Crippen LogP contribution in [-0.4, -0.2) is 34.2 Å². The van der Waals surface area contributed by atoms with Gasteiger partial charge in [-0.25, -0.2) is 10.0 Å². The number of benzene rings is 3. The van der Waals surface area contributed by atoms with Gasteiger partial charge in [-0.15, -0.1) is 12.4 Å². The number of aromatic amines is 1. The van der Waals surface area contributed by atoms with Crippen LogP contribution < -0.4 is 9.75 Å². The van der Waals surface area contributed by atoms with E-state index in [0.717, 1.165) is 66.0 Å². The Labute approximate surface area is 244 Å². The van der Waals surface area contributed by atoms with Gasteiger partial charge in [-0.3, -0.25) is 9.89 Å². The smallest absolute Gasteiger partial charge is 0.291 e. The summed E-state index contributed by atoms with van der Waals surface area (Å²) < 4.78 is 6.54. The Balaban J connectivity index is 0.00000308. The van der Waals surface area contributed by atoms with Crippen molar-refractivity contribution in [1.82, 2.24) is 15.2 Å². The van der Waals surface area contributed by atoms with Gasteiger partial charge < -0.3 is 4.74 Å². The molecule has 0 saturated carbocycles. The van der Waals surface area contributed by atoms with Crippen LogP contribution in [0.5, 0.6) is 5.75 Å². The van der Waals surface area contributed by atoms with Gasteiger partial charge in [0.15, 0.2) is 0 Å². The highest BCUT2D eigenvalue weighted by atomic mass is 35.5. The van der Waals surface area contributed by atoms with E-state index in [1.807, 2.05) is 44.2 Å². The molecule has 0 bridgehead atoms. The summed E-state index contributed by atoms with van der Waals surface area (Å²) in [5.74, 6) is 0.508. The van der Waals surface area contributed by atoms with Gasteiger partial charge in [-0.2, -0.15) is 5.10 Å². The largest absolute Gasteiger partial charge is 0.482 e. The molecule has 3 heterocycles. The van der Waals surface area contributed by atoms with Crippen molar-refractivity contribution in [3.63, 3.8) is 0 Å². The second-order valence-electron chi connectivity index (χ2n) is 10.2. The minimum atomic E-state index is -0.799. The van der Waals surface area contributed by atoms with Gasteiger partial charge in [-0.05, 0) is 68.1 Å². The van der Waals surface area contributed by atoms with Crippen molar-refractivity contribution in [3.8, 4) is 28.1 Å². The van der Waals surface area contributed by atoms with E-state index in [1.54, 1.807) is 23.2 Å². The molecule has 1 saturated heterocycles. The van der Waals surface area contributed by atoms with Crippen molar-refractivity contribution in [2.45, 2.75) is 38.7 Å². The number of fused-ring (bicyclic) bond motifs is 3. The number of anilines is 1. The highest BCUT2D eigenvalue weighted by Gasteiger charge is 2.41. The molecular formula is C30H29Cl3N4O2. The van der Waals surface area contributed by atoms with Gasteiger partial charge in [-0.1, -0.05) is 66.0 Å². The lowest BCUT2D eigenvalue weighted by Crippen LogP contribution is -2.50. The first-order valence-electron chi connectivity index (χ1n) is 12.9. The molecule has 6 rings (SSSR count). The number of hydrazine groups is 1. The fraction of sp³-hybridized carbons (Fsp3) is 0.267. The van der Waals surface area contributed by atoms with Crippen LogP contribution >= 0.6 is 35.6 Å². The lowest BCUT2D eigenvalue weighted by molar-refractivity contribution is 0.0833. The highest BCUT2D eigenvalue weighted by molar-refractivity contribution is 6.37. The second kappa shape index (κ2) is 10.9. The SMILES string of the molecule is CC1(C)Oc2cc(-c3ccccc3)ccc2-c2n[nH]c(C(=O)N(c3ccc(Cl)cc3Cl)N3CCCCC3)c21.Cl. The first-order valence-corrected chi connectivity index (χ1v) is 13.6. The number of hydrogen-bond donors (Lipinski definition) is 1. The van der Waals surface area contributed by atoms with Gasteiger partial charge in [0.1, 0.15) is 22.7 Å². The monoisotopic (exact) mass is 582 g/mol. The Morgan fingerprint density at radius 2 is 1.72 bits per heavy atom. The molecule has 39 heavy (non-hydrogen) atoms. The minimum absolute atomic E-state index is 0. The quantitative estimate of drug-likeness (QED) is 0.263. The maximum Gasteiger partial charge on any atom is 0.291 e. The Hall–Kier alpha value is -3.03. The molecule has 4 aromatic rings. The number of carbonyl (C=O) groups is 1. The molecule has 9 heteroatoms. The summed E-state index contributed by atoms with van der Waals surface area (Å²) in [6, 6.07) is 21.5. The Morgan fingerprint density at radius 3 is 2.44 bits per heavy atom. The van der Waals surface area contributed by atoms with Crippen LogP contribution in [0.3, 0.4) is 0 Å². The molecule has 1 fully saturated rings. The van der Waals surface area contributed by atoms with Crippen LogP contribution in [-0.2, 0) is 5.60 Å². The molecule has 0 spiro atoms. The van der Waals surface area contributed by atoms with Crippen molar-refractivity contribution in [3.05, 3.63) is 88.0 Å². The van der Waals surface area contributed by atoms with Gasteiger partial charge >= 0.3 is 0 Å². The van der Waals surface area contributed by atoms with Crippen LogP contribution in [0.2, 0.25) is 10.0 Å². The zero-order chi connectivity index (χ0) is 26.4. The van der Waals surface area contributed by atoms with Crippen LogP contribution in [0.25, 0.3) is 22.4 Å². The fourth-order valence-electron chi connectivity index (χ4n) is 5.44. The lowest BCUT2D eigenvalue weighted by atomic mass is 9.88. The first kappa shape index (κ1) is 27.5. The predicted molar refractivity (Wildman–Crippen MR) is 159 cm³/mol. The zero-order valence-electron chi connectivity index (χ0n) is 21.7. The number of ether oxygens (including phenoxy) is 1. The van der Waals surface area contributed by atoms with Gasteiger partial charge in [0.05, 0.1) is 16.3 Å². The van der Waals surface area contributed by atoms with Crippen molar-refractivity contribution in [2.24, 2.45) is 0 Å². The summed E-state index contributed by atoms with van der Waals surface area (Å²) in [6.45, 7) is 5.45. The fourth-order valence-corrected chi connectivity index (χ4v) is 5.93. The van der Waals surface area contributed by atoms with Crippen molar-refractivity contribution in [2.75, 3.05) is 18.1 Å². The Kier molecular flexibility index (Phi) is 7.66. The number of H-pyrrole nitrogens is 1. The van der Waals surface area contributed by atoms with E-state index in [9.17, 15) is 4.79 Å². The van der Waals surface area contributed by atoms with Crippen molar-refractivity contribution < 1.29 is 9.53 Å². The molecule has 2 aliphatic heterocycles. The number of halogens is 3. The van der Waals surface area contributed by atoms with E-state index < -0.39 is 5.60 Å². The minimum Gasteiger partial charge on any atom is -0.482 e. The third-order valence-corrected chi connectivity index (χ3v) is 7.77. The van der Waals surface area contributed by atoms with E-state index in [-0.39, 0.29) is 18.3 Å². The molecule has 6 nitrogen and oxygen atoms in total. The number of amides is 1. The summed E-state index contributed by atoms with van der Waals surface area (Å²) >= 11 is 12.8. The first-order chi connectivity index (χ1) is 18.3. The molecule has 1 aromatic heterocycles. The second-order valence-corrected chi connectivity index (χ2v) is 11.1. The number of piperidine rings is 1. The predicted octanol–water partition coefficient (Wildman–Crippen LogP) is 8.15. The number of nitrogens with one attached hydrogen (secondary N) is 1. The van der Waals surface area contributed by atoms with E-state index in [4.69, 9.17) is 27.9 Å². The van der Waals surface area contributed by atoms with Crippen LogP contribution in [0.4, 0.5) is 5.69 Å². The third kappa shape index (κ3) is 5.03. The molecule has 0 unspecified atom stereocenters. The molecule has 3 aromatic carbocycles. The molecule has 202 valence electrons. The maximum atomic E-state index is 14.3. The Morgan fingerprint density at radius 1 is 0.974 bits per heavy atom. The van der Waals surface area contributed by atoms with Crippen LogP contribution in [0.1, 0.15) is 49.2 Å². The number of carbonyl (C=O) groups excluding carboxylic acids is 1. The molecular weight excluding hydrogens is 555 g/mol.